The van der Waals surface area contributed by atoms with Crippen molar-refractivity contribution in [1.29, 1.82) is 0 Å². The Labute approximate surface area is 119 Å². The number of carbonyl (C=O) groups excluding carboxylic acids is 1. The van der Waals surface area contributed by atoms with Crippen molar-refractivity contribution in [2.24, 2.45) is 0 Å². The molecule has 0 aliphatic carbocycles. The lowest BCUT2D eigenvalue weighted by molar-refractivity contribution is -0.125. The van der Waals surface area contributed by atoms with Gasteiger partial charge in [-0.15, -0.1) is 0 Å². The lowest BCUT2D eigenvalue weighted by atomic mass is 10.0. The molecule has 0 spiro atoms. The minimum atomic E-state index is -0.349. The Morgan fingerprint density at radius 3 is 2.75 bits per heavy atom. The van der Waals surface area contributed by atoms with Gasteiger partial charge >= 0.3 is 0 Å². The van der Waals surface area contributed by atoms with Gasteiger partial charge in [-0.2, -0.15) is 5.10 Å². The van der Waals surface area contributed by atoms with Crippen molar-refractivity contribution in [3.63, 3.8) is 0 Å². The summed E-state index contributed by atoms with van der Waals surface area (Å²) in [7, 11) is 0. The van der Waals surface area contributed by atoms with E-state index in [9.17, 15) is 4.79 Å². The molecule has 7 nitrogen and oxygen atoms in total. The molecule has 0 unspecified atom stereocenters. The van der Waals surface area contributed by atoms with Crippen LogP contribution >= 0.6 is 0 Å². The number of morpholine rings is 1. The highest BCUT2D eigenvalue weighted by Crippen LogP contribution is 2.15. The summed E-state index contributed by atoms with van der Waals surface area (Å²) in [6, 6.07) is -0.349. The molecule has 112 valence electrons. The topological polar surface area (TPSA) is 72.3 Å². The minimum absolute atomic E-state index is 0.0446. The van der Waals surface area contributed by atoms with Crippen molar-refractivity contribution in [1.82, 2.24) is 25.0 Å². The van der Waals surface area contributed by atoms with Crippen LogP contribution in [0, 0.1) is 0 Å². The van der Waals surface area contributed by atoms with E-state index in [0.717, 1.165) is 26.3 Å². The van der Waals surface area contributed by atoms with Gasteiger partial charge in [-0.25, -0.2) is 9.67 Å². The Morgan fingerprint density at radius 2 is 2.15 bits per heavy atom. The molecule has 0 aromatic carbocycles. The van der Waals surface area contributed by atoms with E-state index < -0.39 is 0 Å². The SMILES string of the molecule is C[C@H](C(=O)NCC(C)(C)N1CCOCC1)n1cncn1. The summed E-state index contributed by atoms with van der Waals surface area (Å²) >= 11 is 0. The van der Waals surface area contributed by atoms with Crippen molar-refractivity contribution >= 4 is 5.91 Å². The van der Waals surface area contributed by atoms with E-state index in [4.69, 9.17) is 4.74 Å². The van der Waals surface area contributed by atoms with E-state index >= 15 is 0 Å². The number of aromatic nitrogens is 3. The highest BCUT2D eigenvalue weighted by atomic mass is 16.5. The van der Waals surface area contributed by atoms with Crippen LogP contribution in [0.15, 0.2) is 12.7 Å². The molecule has 1 aliphatic heterocycles. The Kier molecular flexibility index (Phi) is 4.72. The first kappa shape index (κ1) is 14.9. The average Bonchev–Trinajstić information content (AvgIpc) is 2.99. The van der Waals surface area contributed by atoms with Gasteiger partial charge in [0.05, 0.1) is 13.2 Å². The number of hydrogen-bond donors (Lipinski definition) is 1. The number of hydrogen-bond acceptors (Lipinski definition) is 5. The van der Waals surface area contributed by atoms with Crippen LogP contribution in [0.2, 0.25) is 0 Å². The van der Waals surface area contributed by atoms with Crippen molar-refractivity contribution < 1.29 is 9.53 Å². The molecule has 2 heterocycles. The maximum absolute atomic E-state index is 12.1. The van der Waals surface area contributed by atoms with Crippen LogP contribution in [-0.2, 0) is 9.53 Å². The predicted molar refractivity (Wildman–Crippen MR) is 74.2 cm³/mol. The van der Waals surface area contributed by atoms with Crippen molar-refractivity contribution in [3.05, 3.63) is 12.7 Å². The molecule has 1 aliphatic rings. The smallest absolute Gasteiger partial charge is 0.244 e. The summed E-state index contributed by atoms with van der Waals surface area (Å²) in [6.45, 7) is 10.0. The molecule has 1 fully saturated rings. The van der Waals surface area contributed by atoms with Gasteiger partial charge in [0.2, 0.25) is 5.91 Å². The second-order valence-corrected chi connectivity index (χ2v) is 5.68. The second-order valence-electron chi connectivity index (χ2n) is 5.68. The number of nitrogens with zero attached hydrogens (tertiary/aromatic N) is 4. The maximum atomic E-state index is 12.1. The molecular weight excluding hydrogens is 258 g/mol. The van der Waals surface area contributed by atoms with Crippen LogP contribution in [0.25, 0.3) is 0 Å². The van der Waals surface area contributed by atoms with Gasteiger partial charge in [-0.1, -0.05) is 0 Å². The normalized spacial score (nSPS) is 18.8. The van der Waals surface area contributed by atoms with Gasteiger partial charge in [0.25, 0.3) is 0 Å². The summed E-state index contributed by atoms with van der Waals surface area (Å²) < 4.78 is 6.91. The first-order valence-electron chi connectivity index (χ1n) is 6.95. The van der Waals surface area contributed by atoms with Gasteiger partial charge < -0.3 is 10.1 Å². The molecule has 2 rings (SSSR count). The summed E-state index contributed by atoms with van der Waals surface area (Å²) in [4.78, 5) is 18.3. The van der Waals surface area contributed by atoms with Gasteiger partial charge in [-0.05, 0) is 20.8 Å². The van der Waals surface area contributed by atoms with Gasteiger partial charge in [0.15, 0.2) is 0 Å². The minimum Gasteiger partial charge on any atom is -0.379 e. The monoisotopic (exact) mass is 281 g/mol. The molecule has 0 bridgehead atoms. The number of nitrogens with one attached hydrogen (secondary N) is 1. The fourth-order valence-corrected chi connectivity index (χ4v) is 2.27. The summed E-state index contributed by atoms with van der Waals surface area (Å²) in [5, 5.41) is 6.99. The maximum Gasteiger partial charge on any atom is 0.244 e. The van der Waals surface area contributed by atoms with Gasteiger partial charge in [0.1, 0.15) is 18.7 Å². The zero-order valence-electron chi connectivity index (χ0n) is 12.4. The molecule has 1 saturated heterocycles. The average molecular weight is 281 g/mol. The third-order valence-electron chi connectivity index (χ3n) is 3.78. The van der Waals surface area contributed by atoms with E-state index in [1.54, 1.807) is 11.0 Å². The zero-order chi connectivity index (χ0) is 14.6. The number of ether oxygens (including phenoxy) is 1. The molecule has 1 atom stereocenters. The zero-order valence-corrected chi connectivity index (χ0v) is 12.4. The summed E-state index contributed by atoms with van der Waals surface area (Å²) in [6.07, 6.45) is 2.98. The first-order chi connectivity index (χ1) is 9.50. The van der Waals surface area contributed by atoms with Gasteiger partial charge in [0, 0.05) is 25.2 Å². The molecule has 7 heteroatoms. The summed E-state index contributed by atoms with van der Waals surface area (Å²) in [5.41, 5.74) is -0.0818. The molecule has 20 heavy (non-hydrogen) atoms. The lowest BCUT2D eigenvalue weighted by Gasteiger charge is -2.41. The fourth-order valence-electron chi connectivity index (χ4n) is 2.27. The Bertz CT molecular complexity index is 426. The standard InChI is InChI=1S/C13H23N5O2/c1-11(18-10-14-9-16-18)12(19)15-8-13(2,3)17-4-6-20-7-5-17/h9-11H,4-8H2,1-3H3,(H,15,19)/t11-/m1/s1. The highest BCUT2D eigenvalue weighted by molar-refractivity contribution is 5.79. The largest absolute Gasteiger partial charge is 0.379 e. The molecule has 0 saturated carbocycles. The number of amides is 1. The van der Waals surface area contributed by atoms with Crippen LogP contribution < -0.4 is 5.32 Å². The highest BCUT2D eigenvalue weighted by Gasteiger charge is 2.29. The fraction of sp³-hybridized carbons (Fsp3) is 0.769. The quantitative estimate of drug-likeness (QED) is 0.826. The molecular formula is C13H23N5O2. The van der Waals surface area contributed by atoms with E-state index in [1.165, 1.54) is 6.33 Å². The van der Waals surface area contributed by atoms with Crippen LogP contribution in [0.3, 0.4) is 0 Å². The van der Waals surface area contributed by atoms with Crippen LogP contribution in [0.5, 0.6) is 0 Å². The van der Waals surface area contributed by atoms with Crippen molar-refractivity contribution in [3.8, 4) is 0 Å². The Hall–Kier alpha value is -1.47. The van der Waals surface area contributed by atoms with Crippen LogP contribution in [0.4, 0.5) is 0 Å². The van der Waals surface area contributed by atoms with E-state index in [-0.39, 0.29) is 17.5 Å². The molecule has 1 amide bonds. The number of rotatable bonds is 5. The summed E-state index contributed by atoms with van der Waals surface area (Å²) in [5.74, 6) is -0.0446. The van der Waals surface area contributed by atoms with Crippen molar-refractivity contribution in [2.45, 2.75) is 32.4 Å². The van der Waals surface area contributed by atoms with E-state index in [0.29, 0.717) is 6.54 Å². The third kappa shape index (κ3) is 3.55. The van der Waals surface area contributed by atoms with Crippen molar-refractivity contribution in [2.75, 3.05) is 32.8 Å². The number of carbonyl (C=O) groups is 1. The second kappa shape index (κ2) is 6.32. The van der Waals surface area contributed by atoms with E-state index in [1.807, 2.05) is 6.92 Å². The lowest BCUT2D eigenvalue weighted by Crippen LogP contribution is -2.55. The first-order valence-corrected chi connectivity index (χ1v) is 6.95. The predicted octanol–water partition coefficient (Wildman–Crippen LogP) is 0.0661. The molecule has 0 radical (unpaired) electrons. The van der Waals surface area contributed by atoms with Crippen LogP contribution in [-0.4, -0.2) is 64.0 Å². The Balaban J connectivity index is 1.85. The van der Waals surface area contributed by atoms with E-state index in [2.05, 4.69) is 34.1 Å². The van der Waals surface area contributed by atoms with Crippen LogP contribution in [0.1, 0.15) is 26.8 Å². The third-order valence-corrected chi connectivity index (χ3v) is 3.78. The molecule has 1 N–H and O–H groups in total. The molecule has 1 aromatic rings. The molecule has 1 aromatic heterocycles. The Morgan fingerprint density at radius 1 is 1.45 bits per heavy atom. The van der Waals surface area contributed by atoms with Gasteiger partial charge in [-0.3, -0.25) is 9.69 Å².